The SMILES string of the molecule is CCCNCc1ccc(Cl)cc1Sc1ccccc1F. The van der Waals surface area contributed by atoms with Gasteiger partial charge in [-0.3, -0.25) is 0 Å². The quantitative estimate of drug-likeness (QED) is 0.742. The van der Waals surface area contributed by atoms with Gasteiger partial charge in [0.25, 0.3) is 0 Å². The molecular formula is C16H17ClFNS. The fourth-order valence-corrected chi connectivity index (χ4v) is 3.06. The van der Waals surface area contributed by atoms with Crippen LogP contribution in [0.4, 0.5) is 4.39 Å². The van der Waals surface area contributed by atoms with E-state index in [1.807, 2.05) is 24.3 Å². The lowest BCUT2D eigenvalue weighted by Crippen LogP contribution is -2.14. The van der Waals surface area contributed by atoms with Crippen LogP contribution in [-0.2, 0) is 6.54 Å². The molecule has 0 radical (unpaired) electrons. The summed E-state index contributed by atoms with van der Waals surface area (Å²) in [5, 5.41) is 4.03. The van der Waals surface area contributed by atoms with Crippen molar-refractivity contribution in [3.05, 3.63) is 58.9 Å². The molecule has 1 N–H and O–H groups in total. The van der Waals surface area contributed by atoms with Gasteiger partial charge in [0, 0.05) is 21.4 Å². The first-order valence-electron chi connectivity index (χ1n) is 6.62. The van der Waals surface area contributed by atoms with E-state index in [2.05, 4.69) is 12.2 Å². The largest absolute Gasteiger partial charge is 0.313 e. The third kappa shape index (κ3) is 4.23. The van der Waals surface area contributed by atoms with Crippen LogP contribution in [0.2, 0.25) is 5.02 Å². The molecule has 0 fully saturated rings. The third-order valence-electron chi connectivity index (χ3n) is 2.83. The first-order chi connectivity index (χ1) is 9.70. The molecule has 0 unspecified atom stereocenters. The van der Waals surface area contributed by atoms with Gasteiger partial charge in [-0.1, -0.05) is 48.5 Å². The van der Waals surface area contributed by atoms with Crippen LogP contribution in [0.15, 0.2) is 52.3 Å². The van der Waals surface area contributed by atoms with Crippen LogP contribution in [0, 0.1) is 5.82 Å². The summed E-state index contributed by atoms with van der Waals surface area (Å²) in [6, 6.07) is 12.5. The average molecular weight is 310 g/mol. The Balaban J connectivity index is 2.21. The van der Waals surface area contributed by atoms with E-state index in [0.717, 1.165) is 30.0 Å². The number of benzene rings is 2. The summed E-state index contributed by atoms with van der Waals surface area (Å²) in [6.07, 6.45) is 1.09. The Bertz CT molecular complexity index is 574. The molecule has 2 rings (SSSR count). The molecule has 2 aromatic carbocycles. The molecule has 0 aliphatic carbocycles. The molecule has 1 nitrogen and oxygen atoms in total. The van der Waals surface area contributed by atoms with Crippen LogP contribution in [0.25, 0.3) is 0 Å². The predicted octanol–water partition coefficient (Wildman–Crippen LogP) is 5.13. The maximum absolute atomic E-state index is 13.7. The molecule has 0 saturated carbocycles. The van der Waals surface area contributed by atoms with Crippen molar-refractivity contribution in [1.82, 2.24) is 5.32 Å². The van der Waals surface area contributed by atoms with Crippen molar-refractivity contribution < 1.29 is 4.39 Å². The molecule has 0 aromatic heterocycles. The number of halogens is 2. The molecule has 0 spiro atoms. The second kappa shape index (κ2) is 7.67. The van der Waals surface area contributed by atoms with Crippen molar-refractivity contribution in [2.75, 3.05) is 6.54 Å². The highest BCUT2D eigenvalue weighted by atomic mass is 35.5. The number of nitrogens with one attached hydrogen (secondary N) is 1. The minimum Gasteiger partial charge on any atom is -0.313 e. The minimum atomic E-state index is -0.204. The molecule has 0 heterocycles. The Morgan fingerprint density at radius 3 is 2.70 bits per heavy atom. The molecule has 0 aliphatic heterocycles. The number of hydrogen-bond acceptors (Lipinski definition) is 2. The van der Waals surface area contributed by atoms with Gasteiger partial charge in [-0.15, -0.1) is 0 Å². The highest BCUT2D eigenvalue weighted by Gasteiger charge is 2.08. The van der Waals surface area contributed by atoms with Gasteiger partial charge < -0.3 is 5.32 Å². The Hall–Kier alpha value is -1.03. The van der Waals surface area contributed by atoms with Crippen molar-refractivity contribution in [3.8, 4) is 0 Å². The van der Waals surface area contributed by atoms with Crippen molar-refractivity contribution in [1.29, 1.82) is 0 Å². The van der Waals surface area contributed by atoms with Gasteiger partial charge in [-0.05, 0) is 42.8 Å². The zero-order valence-corrected chi connectivity index (χ0v) is 12.9. The first kappa shape index (κ1) is 15.4. The van der Waals surface area contributed by atoms with Crippen molar-refractivity contribution in [3.63, 3.8) is 0 Å². The molecule has 0 aliphatic rings. The highest BCUT2D eigenvalue weighted by Crippen LogP contribution is 2.33. The summed E-state index contributed by atoms with van der Waals surface area (Å²) in [7, 11) is 0. The van der Waals surface area contributed by atoms with Crippen LogP contribution >= 0.6 is 23.4 Å². The zero-order valence-electron chi connectivity index (χ0n) is 11.3. The summed E-state index contributed by atoms with van der Waals surface area (Å²) >= 11 is 7.47. The van der Waals surface area contributed by atoms with Crippen molar-refractivity contribution >= 4 is 23.4 Å². The topological polar surface area (TPSA) is 12.0 Å². The van der Waals surface area contributed by atoms with Gasteiger partial charge in [-0.25, -0.2) is 4.39 Å². The standard InChI is InChI=1S/C16H17ClFNS/c1-2-9-19-11-12-7-8-13(17)10-16(12)20-15-6-4-3-5-14(15)18/h3-8,10,19H,2,9,11H2,1H3. The number of rotatable bonds is 6. The molecule has 106 valence electrons. The molecular weight excluding hydrogens is 293 g/mol. The summed E-state index contributed by atoms with van der Waals surface area (Å²) < 4.78 is 13.7. The van der Waals surface area contributed by atoms with Crippen LogP contribution < -0.4 is 5.32 Å². The van der Waals surface area contributed by atoms with Crippen LogP contribution in [0.3, 0.4) is 0 Å². The Kier molecular flexibility index (Phi) is 5.89. The van der Waals surface area contributed by atoms with Gasteiger partial charge in [0.15, 0.2) is 0 Å². The smallest absolute Gasteiger partial charge is 0.137 e. The highest BCUT2D eigenvalue weighted by molar-refractivity contribution is 7.99. The summed E-state index contributed by atoms with van der Waals surface area (Å²) in [6.45, 7) is 3.86. The zero-order chi connectivity index (χ0) is 14.4. The fraction of sp³-hybridized carbons (Fsp3) is 0.250. The van der Waals surface area contributed by atoms with Crippen molar-refractivity contribution in [2.45, 2.75) is 29.7 Å². The van der Waals surface area contributed by atoms with E-state index in [-0.39, 0.29) is 5.82 Å². The van der Waals surface area contributed by atoms with E-state index in [9.17, 15) is 4.39 Å². The van der Waals surface area contributed by atoms with Gasteiger partial charge in [0.2, 0.25) is 0 Å². The second-order valence-corrected chi connectivity index (χ2v) is 5.98. The van der Waals surface area contributed by atoms with Gasteiger partial charge in [0.1, 0.15) is 5.82 Å². The third-order valence-corrected chi connectivity index (χ3v) is 4.21. The molecule has 4 heteroatoms. The Morgan fingerprint density at radius 1 is 1.15 bits per heavy atom. The lowest BCUT2D eigenvalue weighted by atomic mass is 10.2. The molecule has 0 saturated heterocycles. The number of hydrogen-bond donors (Lipinski definition) is 1. The van der Waals surface area contributed by atoms with Gasteiger partial charge >= 0.3 is 0 Å². The summed E-state index contributed by atoms with van der Waals surface area (Å²) in [5.41, 5.74) is 1.14. The molecule has 0 amide bonds. The van der Waals surface area contributed by atoms with Gasteiger partial charge in [0.05, 0.1) is 0 Å². The van der Waals surface area contributed by atoms with E-state index in [0.29, 0.717) is 9.92 Å². The van der Waals surface area contributed by atoms with E-state index in [1.54, 1.807) is 12.1 Å². The normalized spacial score (nSPS) is 10.8. The van der Waals surface area contributed by atoms with E-state index >= 15 is 0 Å². The Labute approximate surface area is 128 Å². The van der Waals surface area contributed by atoms with Crippen LogP contribution in [0.1, 0.15) is 18.9 Å². The second-order valence-electron chi connectivity index (χ2n) is 4.46. The van der Waals surface area contributed by atoms with E-state index in [1.165, 1.54) is 17.8 Å². The van der Waals surface area contributed by atoms with E-state index in [4.69, 9.17) is 11.6 Å². The van der Waals surface area contributed by atoms with Crippen LogP contribution in [0.5, 0.6) is 0 Å². The van der Waals surface area contributed by atoms with Crippen LogP contribution in [-0.4, -0.2) is 6.54 Å². The average Bonchev–Trinajstić information content (AvgIpc) is 2.44. The molecule has 0 bridgehead atoms. The maximum atomic E-state index is 13.7. The maximum Gasteiger partial charge on any atom is 0.137 e. The summed E-state index contributed by atoms with van der Waals surface area (Å²) in [5.74, 6) is -0.204. The fourth-order valence-electron chi connectivity index (χ4n) is 1.82. The molecule has 20 heavy (non-hydrogen) atoms. The van der Waals surface area contributed by atoms with E-state index < -0.39 is 0 Å². The predicted molar refractivity (Wildman–Crippen MR) is 84.0 cm³/mol. The minimum absolute atomic E-state index is 0.204. The van der Waals surface area contributed by atoms with Crippen molar-refractivity contribution in [2.24, 2.45) is 0 Å². The molecule has 0 atom stereocenters. The Morgan fingerprint density at radius 2 is 1.95 bits per heavy atom. The monoisotopic (exact) mass is 309 g/mol. The lowest BCUT2D eigenvalue weighted by molar-refractivity contribution is 0.602. The lowest BCUT2D eigenvalue weighted by Gasteiger charge is -2.11. The summed E-state index contributed by atoms with van der Waals surface area (Å²) in [4.78, 5) is 1.61. The van der Waals surface area contributed by atoms with Gasteiger partial charge in [-0.2, -0.15) is 0 Å². The first-order valence-corrected chi connectivity index (χ1v) is 7.81. The molecule has 2 aromatic rings.